The lowest BCUT2D eigenvalue weighted by atomic mass is 10.1. The highest BCUT2D eigenvalue weighted by molar-refractivity contribution is 5.79. The first-order valence-corrected chi connectivity index (χ1v) is 5.71. The Morgan fingerprint density at radius 1 is 1.59 bits per heavy atom. The number of hydrogen-bond acceptors (Lipinski definition) is 2. The van der Waals surface area contributed by atoms with Crippen molar-refractivity contribution in [3.8, 4) is 0 Å². The van der Waals surface area contributed by atoms with Crippen molar-refractivity contribution in [3.63, 3.8) is 0 Å². The highest BCUT2D eigenvalue weighted by Crippen LogP contribution is 2.21. The number of hydrogen-bond donors (Lipinski definition) is 1. The zero-order valence-electron chi connectivity index (χ0n) is 9.82. The molecule has 1 atom stereocenters. The molecule has 1 unspecified atom stereocenters. The van der Waals surface area contributed by atoms with Gasteiger partial charge in [-0.2, -0.15) is 0 Å². The Morgan fingerprint density at radius 3 is 2.94 bits per heavy atom. The number of carbonyl (C=O) groups is 1. The predicted octanol–water partition coefficient (Wildman–Crippen LogP) is 1.35. The second kappa shape index (κ2) is 4.45. The summed E-state index contributed by atoms with van der Waals surface area (Å²) in [6.45, 7) is 2.66. The molecule has 0 bridgehead atoms. The lowest BCUT2D eigenvalue weighted by molar-refractivity contribution is -0.130. The number of β-amino-alcohol motifs (C(OH)–C–C–N with tert-alkyl or cyclic N) is 1. The molecule has 1 saturated heterocycles. The van der Waals surface area contributed by atoms with Crippen LogP contribution in [0.5, 0.6) is 0 Å². The Balaban J connectivity index is 1.98. The molecule has 17 heavy (non-hydrogen) atoms. The number of likely N-dealkylation sites (tertiary alicyclic amines) is 1. The van der Waals surface area contributed by atoms with E-state index in [1.807, 2.05) is 0 Å². The van der Waals surface area contributed by atoms with Crippen molar-refractivity contribution in [2.75, 3.05) is 13.1 Å². The molecule has 1 aliphatic rings. The van der Waals surface area contributed by atoms with Gasteiger partial charge in [0.05, 0.1) is 12.0 Å². The molecule has 92 valence electrons. The number of amides is 1. The van der Waals surface area contributed by atoms with E-state index in [9.17, 15) is 14.3 Å². The lowest BCUT2D eigenvalue weighted by Crippen LogP contribution is -2.34. The topological polar surface area (TPSA) is 40.5 Å². The number of halogens is 1. The van der Waals surface area contributed by atoms with E-state index in [1.165, 1.54) is 12.1 Å². The molecule has 1 heterocycles. The largest absolute Gasteiger partial charge is 0.388 e. The van der Waals surface area contributed by atoms with Gasteiger partial charge in [0, 0.05) is 13.1 Å². The molecule has 0 spiro atoms. The fourth-order valence-electron chi connectivity index (χ4n) is 2.09. The van der Waals surface area contributed by atoms with E-state index in [0.29, 0.717) is 25.1 Å². The Labute approximate surface area is 99.9 Å². The van der Waals surface area contributed by atoms with Gasteiger partial charge in [0.2, 0.25) is 5.91 Å². The molecular weight excluding hydrogens is 221 g/mol. The maximum Gasteiger partial charge on any atom is 0.227 e. The quantitative estimate of drug-likeness (QED) is 0.843. The number of carbonyl (C=O) groups excluding carboxylic acids is 1. The molecule has 1 amide bonds. The summed E-state index contributed by atoms with van der Waals surface area (Å²) in [6.07, 6.45) is 0.787. The first-order valence-electron chi connectivity index (χ1n) is 5.71. The van der Waals surface area contributed by atoms with E-state index in [2.05, 4.69) is 0 Å². The van der Waals surface area contributed by atoms with Crippen LogP contribution in [-0.2, 0) is 11.2 Å². The smallest absolute Gasteiger partial charge is 0.227 e. The Kier molecular flexibility index (Phi) is 3.15. The molecular formula is C13H16FNO2. The lowest BCUT2D eigenvalue weighted by Gasteiger charge is -2.19. The maximum atomic E-state index is 13.0. The van der Waals surface area contributed by atoms with Gasteiger partial charge in [-0.05, 0) is 31.0 Å². The summed E-state index contributed by atoms with van der Waals surface area (Å²) in [5, 5.41) is 9.77. The third-order valence-corrected chi connectivity index (χ3v) is 3.05. The minimum absolute atomic E-state index is 0.0617. The van der Waals surface area contributed by atoms with Crippen molar-refractivity contribution in [3.05, 3.63) is 35.6 Å². The summed E-state index contributed by atoms with van der Waals surface area (Å²) in [5.41, 5.74) is -0.112. The van der Waals surface area contributed by atoms with Gasteiger partial charge < -0.3 is 10.0 Å². The molecule has 3 nitrogen and oxygen atoms in total. The van der Waals surface area contributed by atoms with Crippen molar-refractivity contribution < 1.29 is 14.3 Å². The summed E-state index contributed by atoms with van der Waals surface area (Å²) in [5.74, 6) is -0.392. The van der Waals surface area contributed by atoms with E-state index in [0.717, 1.165) is 0 Å². The maximum absolute atomic E-state index is 13.0. The van der Waals surface area contributed by atoms with E-state index in [4.69, 9.17) is 0 Å². The molecule has 1 N–H and O–H groups in total. The van der Waals surface area contributed by atoms with Crippen LogP contribution in [-0.4, -0.2) is 34.6 Å². The summed E-state index contributed by atoms with van der Waals surface area (Å²) < 4.78 is 13.0. The summed E-state index contributed by atoms with van der Waals surface area (Å²) in [4.78, 5) is 13.5. The number of nitrogens with zero attached hydrogens (tertiary/aromatic N) is 1. The monoisotopic (exact) mass is 237 g/mol. The first kappa shape index (κ1) is 12.0. The fraction of sp³-hybridized carbons (Fsp3) is 0.462. The number of rotatable bonds is 2. The van der Waals surface area contributed by atoms with E-state index < -0.39 is 5.60 Å². The summed E-state index contributed by atoms with van der Waals surface area (Å²) >= 11 is 0. The van der Waals surface area contributed by atoms with Crippen molar-refractivity contribution in [2.45, 2.75) is 25.4 Å². The van der Waals surface area contributed by atoms with Crippen LogP contribution < -0.4 is 0 Å². The number of benzene rings is 1. The fourth-order valence-corrected chi connectivity index (χ4v) is 2.09. The second-order valence-corrected chi connectivity index (χ2v) is 4.87. The second-order valence-electron chi connectivity index (χ2n) is 4.87. The van der Waals surface area contributed by atoms with Crippen LogP contribution >= 0.6 is 0 Å². The average Bonchev–Trinajstić information content (AvgIpc) is 2.59. The van der Waals surface area contributed by atoms with Gasteiger partial charge in [-0.1, -0.05) is 12.1 Å². The summed E-state index contributed by atoms with van der Waals surface area (Å²) in [6, 6.07) is 6.05. The highest BCUT2D eigenvalue weighted by atomic mass is 19.1. The van der Waals surface area contributed by atoms with Crippen LogP contribution in [0.25, 0.3) is 0 Å². The molecule has 1 aromatic carbocycles. The van der Waals surface area contributed by atoms with Crippen LogP contribution in [0.2, 0.25) is 0 Å². The van der Waals surface area contributed by atoms with E-state index >= 15 is 0 Å². The third-order valence-electron chi connectivity index (χ3n) is 3.05. The minimum atomic E-state index is -0.780. The number of aliphatic hydroxyl groups is 1. The third kappa shape index (κ3) is 3.03. The van der Waals surface area contributed by atoms with Gasteiger partial charge in [0.25, 0.3) is 0 Å². The standard InChI is InChI=1S/C13H16FNO2/c1-13(17)5-6-15(9-13)12(16)8-10-3-2-4-11(14)7-10/h2-4,7,17H,5-6,8-9H2,1H3. The van der Waals surface area contributed by atoms with Gasteiger partial charge in [-0.3, -0.25) is 4.79 Å². The van der Waals surface area contributed by atoms with Crippen LogP contribution in [0.15, 0.2) is 24.3 Å². The molecule has 1 fully saturated rings. The van der Waals surface area contributed by atoms with E-state index in [-0.39, 0.29) is 18.1 Å². The zero-order chi connectivity index (χ0) is 12.5. The molecule has 0 radical (unpaired) electrons. The Bertz CT molecular complexity index is 431. The van der Waals surface area contributed by atoms with Gasteiger partial charge in [0.15, 0.2) is 0 Å². The van der Waals surface area contributed by atoms with Crippen LogP contribution in [0.3, 0.4) is 0 Å². The Morgan fingerprint density at radius 2 is 2.35 bits per heavy atom. The highest BCUT2D eigenvalue weighted by Gasteiger charge is 2.33. The van der Waals surface area contributed by atoms with Crippen molar-refractivity contribution in [1.82, 2.24) is 4.90 Å². The van der Waals surface area contributed by atoms with Gasteiger partial charge >= 0.3 is 0 Å². The molecule has 1 aromatic rings. The predicted molar refractivity (Wildman–Crippen MR) is 61.9 cm³/mol. The molecule has 0 aliphatic carbocycles. The average molecular weight is 237 g/mol. The Hall–Kier alpha value is -1.42. The van der Waals surface area contributed by atoms with Crippen LogP contribution in [0.1, 0.15) is 18.9 Å². The van der Waals surface area contributed by atoms with E-state index in [1.54, 1.807) is 24.0 Å². The van der Waals surface area contributed by atoms with Crippen molar-refractivity contribution >= 4 is 5.91 Å². The normalized spacial score (nSPS) is 24.1. The zero-order valence-corrected chi connectivity index (χ0v) is 9.82. The van der Waals surface area contributed by atoms with Crippen LogP contribution in [0.4, 0.5) is 4.39 Å². The van der Waals surface area contributed by atoms with Gasteiger partial charge in [-0.25, -0.2) is 4.39 Å². The first-order chi connectivity index (χ1) is 7.96. The molecule has 0 aromatic heterocycles. The molecule has 4 heteroatoms. The van der Waals surface area contributed by atoms with Gasteiger partial charge in [-0.15, -0.1) is 0 Å². The SMILES string of the molecule is CC1(O)CCN(C(=O)Cc2cccc(F)c2)C1. The molecule has 1 aliphatic heterocycles. The summed E-state index contributed by atoms with van der Waals surface area (Å²) in [7, 11) is 0. The minimum Gasteiger partial charge on any atom is -0.388 e. The van der Waals surface area contributed by atoms with Crippen molar-refractivity contribution in [1.29, 1.82) is 0 Å². The molecule has 2 rings (SSSR count). The van der Waals surface area contributed by atoms with Crippen LogP contribution in [0, 0.1) is 5.82 Å². The molecule has 0 saturated carbocycles. The van der Waals surface area contributed by atoms with Gasteiger partial charge in [0.1, 0.15) is 5.82 Å². The van der Waals surface area contributed by atoms with Crippen molar-refractivity contribution in [2.24, 2.45) is 0 Å².